The van der Waals surface area contributed by atoms with Gasteiger partial charge in [-0.3, -0.25) is 0 Å². The van der Waals surface area contributed by atoms with Crippen LogP contribution in [-0.2, 0) is 20.7 Å². The molecular formula is C46H42Cl2I4. The lowest BCUT2D eigenvalue weighted by atomic mass is 9.66. The van der Waals surface area contributed by atoms with E-state index in [4.69, 9.17) is 23.2 Å². The van der Waals surface area contributed by atoms with Gasteiger partial charge in [0.15, 0.2) is 0 Å². The standard InChI is InChI=1S/C46H42Cl2I4/c1-43(2,3)32-16-20-34(21-17-32)45(51,35-22-18-33(19-23-35)44(4,5)6)46(52)38(28-29-10-8-7-9-11-29)41(49)39(30-12-24-36(47)25-13-30)40(42(46)50)31-14-26-37(48)27-15-31/h7-27,38H,28H2,1-6H3. The van der Waals surface area contributed by atoms with E-state index in [9.17, 15) is 0 Å². The summed E-state index contributed by atoms with van der Waals surface area (Å²) in [5.41, 5.74) is 11.5. The highest BCUT2D eigenvalue weighted by Gasteiger charge is 2.60. The SMILES string of the molecule is CC(C)(C)c1ccc(C(I)(c2ccc(C(C)(C)C)cc2)C2(I)C(I)=C(c3ccc(Cl)cc3)C(c3ccc(Cl)cc3)=C(I)C2Cc2ccccc2)cc1. The Kier molecular flexibility index (Phi) is 12.5. The first-order chi connectivity index (χ1) is 24.5. The Labute approximate surface area is 375 Å². The molecule has 0 aromatic heterocycles. The molecule has 0 radical (unpaired) electrons. The molecule has 6 heteroatoms. The van der Waals surface area contributed by atoms with Gasteiger partial charge in [0.05, 0.1) is 6.84 Å². The van der Waals surface area contributed by atoms with E-state index in [0.717, 1.165) is 27.6 Å². The van der Waals surface area contributed by atoms with E-state index in [1.165, 1.54) is 46.1 Å². The number of halogens is 6. The van der Waals surface area contributed by atoms with Crippen molar-refractivity contribution in [3.63, 3.8) is 0 Å². The van der Waals surface area contributed by atoms with Crippen molar-refractivity contribution in [2.45, 2.75) is 65.6 Å². The molecule has 0 N–H and O–H groups in total. The Morgan fingerprint density at radius 1 is 0.538 bits per heavy atom. The average Bonchev–Trinajstić information content (AvgIpc) is 3.12. The first-order valence-electron chi connectivity index (χ1n) is 17.4. The van der Waals surface area contributed by atoms with E-state index in [2.05, 4.69) is 235 Å². The fraction of sp³-hybridized carbons (Fsp3) is 0.261. The van der Waals surface area contributed by atoms with Crippen LogP contribution in [0.5, 0.6) is 0 Å². The smallest absolute Gasteiger partial charge is 0.0843 e. The van der Waals surface area contributed by atoms with Crippen LogP contribution in [0.1, 0.15) is 80.5 Å². The topological polar surface area (TPSA) is 0 Å². The van der Waals surface area contributed by atoms with Gasteiger partial charge >= 0.3 is 0 Å². The highest BCUT2D eigenvalue weighted by molar-refractivity contribution is 14.1. The molecule has 2 unspecified atom stereocenters. The molecule has 52 heavy (non-hydrogen) atoms. The van der Waals surface area contributed by atoms with Gasteiger partial charge in [0.1, 0.15) is 0 Å². The molecular weight excluding hydrogens is 1130 g/mol. The van der Waals surface area contributed by atoms with Crippen molar-refractivity contribution in [3.8, 4) is 0 Å². The fourth-order valence-electron chi connectivity index (χ4n) is 7.16. The largest absolute Gasteiger partial charge is 0.0916 e. The number of alkyl halides is 2. The van der Waals surface area contributed by atoms with Gasteiger partial charge in [0, 0.05) is 28.7 Å². The maximum atomic E-state index is 6.53. The zero-order valence-electron chi connectivity index (χ0n) is 30.2. The predicted octanol–water partition coefficient (Wildman–Crippen LogP) is 16.0. The maximum absolute atomic E-state index is 6.53. The maximum Gasteiger partial charge on any atom is 0.0916 e. The number of hydrogen-bond donors (Lipinski definition) is 0. The predicted molar refractivity (Wildman–Crippen MR) is 260 cm³/mol. The van der Waals surface area contributed by atoms with E-state index < -0.39 is 6.84 Å². The summed E-state index contributed by atoms with van der Waals surface area (Å²) in [4.78, 5) is 0. The number of benzene rings is 5. The van der Waals surface area contributed by atoms with Crippen molar-refractivity contribution >= 4 is 125 Å². The van der Waals surface area contributed by atoms with Crippen LogP contribution in [0, 0.1) is 5.92 Å². The van der Waals surface area contributed by atoms with Crippen molar-refractivity contribution in [1.82, 2.24) is 0 Å². The highest BCUT2D eigenvalue weighted by atomic mass is 127. The minimum Gasteiger partial charge on any atom is -0.0843 e. The van der Waals surface area contributed by atoms with Crippen LogP contribution in [0.4, 0.5) is 0 Å². The summed E-state index contributed by atoms with van der Waals surface area (Å²) in [7, 11) is 0. The molecule has 5 aromatic carbocycles. The van der Waals surface area contributed by atoms with Gasteiger partial charge in [-0.1, -0.05) is 213 Å². The third-order valence-corrected chi connectivity index (χ3v) is 19.6. The lowest BCUT2D eigenvalue weighted by Gasteiger charge is -2.52. The average molecular weight is 1170 g/mol. The zero-order chi connectivity index (χ0) is 37.6. The Balaban J connectivity index is 1.73. The van der Waals surface area contributed by atoms with Crippen LogP contribution in [0.3, 0.4) is 0 Å². The minimum absolute atomic E-state index is 0.0468. The molecule has 0 bridgehead atoms. The van der Waals surface area contributed by atoms with E-state index in [0.29, 0.717) is 0 Å². The summed E-state index contributed by atoms with van der Waals surface area (Å²) in [6.07, 6.45) is 0.879. The molecule has 1 aliphatic carbocycles. The molecule has 0 fully saturated rings. The molecule has 0 saturated heterocycles. The van der Waals surface area contributed by atoms with Crippen molar-refractivity contribution in [3.05, 3.63) is 184 Å². The molecule has 0 amide bonds. The van der Waals surface area contributed by atoms with Gasteiger partial charge in [0.2, 0.25) is 0 Å². The third kappa shape index (κ3) is 7.87. The van der Waals surface area contributed by atoms with E-state index in [1.54, 1.807) is 0 Å². The minimum atomic E-state index is -0.478. The van der Waals surface area contributed by atoms with E-state index in [-0.39, 0.29) is 16.7 Å². The van der Waals surface area contributed by atoms with Gasteiger partial charge in [-0.2, -0.15) is 0 Å². The van der Waals surface area contributed by atoms with Crippen LogP contribution < -0.4 is 0 Å². The summed E-state index contributed by atoms with van der Waals surface area (Å²) in [5.74, 6) is 0.117. The normalized spacial score (nSPS) is 18.6. The van der Waals surface area contributed by atoms with Crippen molar-refractivity contribution in [2.75, 3.05) is 0 Å². The van der Waals surface area contributed by atoms with E-state index in [1.807, 2.05) is 24.3 Å². The lowest BCUT2D eigenvalue weighted by molar-refractivity contribution is 0.472. The Hall–Kier alpha value is -0.920. The molecule has 0 spiro atoms. The number of allylic oxidation sites excluding steroid dienone is 4. The van der Waals surface area contributed by atoms with Crippen LogP contribution >= 0.6 is 114 Å². The Morgan fingerprint density at radius 2 is 0.923 bits per heavy atom. The fourth-order valence-corrected chi connectivity index (χ4v) is 13.9. The molecule has 0 heterocycles. The number of hydrogen-bond acceptors (Lipinski definition) is 0. The van der Waals surface area contributed by atoms with Crippen molar-refractivity contribution in [2.24, 2.45) is 5.92 Å². The van der Waals surface area contributed by atoms with Gasteiger partial charge in [-0.05, 0) is 131 Å². The molecule has 0 aliphatic heterocycles. The van der Waals surface area contributed by atoms with Gasteiger partial charge in [0.25, 0.3) is 0 Å². The molecule has 0 saturated carbocycles. The van der Waals surface area contributed by atoms with E-state index >= 15 is 0 Å². The first-order valence-corrected chi connectivity index (χ1v) is 22.5. The quantitative estimate of drug-likeness (QED) is 0.113. The van der Waals surface area contributed by atoms with Crippen molar-refractivity contribution < 1.29 is 0 Å². The highest BCUT2D eigenvalue weighted by Crippen LogP contribution is 2.68. The second kappa shape index (κ2) is 15.9. The first kappa shape index (κ1) is 40.7. The Morgan fingerprint density at radius 3 is 1.33 bits per heavy atom. The lowest BCUT2D eigenvalue weighted by Crippen LogP contribution is -2.52. The van der Waals surface area contributed by atoms with Crippen LogP contribution in [-0.4, -0.2) is 3.42 Å². The van der Waals surface area contributed by atoms with Gasteiger partial charge in [-0.25, -0.2) is 0 Å². The Bertz CT molecular complexity index is 2040. The summed E-state index contributed by atoms with van der Waals surface area (Å²) in [5, 5.41) is 1.46. The molecule has 6 rings (SSSR count). The van der Waals surface area contributed by atoms with Crippen LogP contribution in [0.2, 0.25) is 10.0 Å². The zero-order valence-corrected chi connectivity index (χ0v) is 40.3. The molecule has 2 atom stereocenters. The van der Waals surface area contributed by atoms with Crippen molar-refractivity contribution in [1.29, 1.82) is 0 Å². The third-order valence-electron chi connectivity index (χ3n) is 10.2. The molecule has 5 aromatic rings. The summed E-state index contributed by atoms with van der Waals surface area (Å²) in [6, 6.07) is 46.7. The van der Waals surface area contributed by atoms with Gasteiger partial charge < -0.3 is 0 Å². The molecule has 268 valence electrons. The summed E-state index contributed by atoms with van der Waals surface area (Å²) in [6.45, 7) is 13.7. The molecule has 1 aliphatic rings. The van der Waals surface area contributed by atoms with Crippen LogP contribution in [0.15, 0.2) is 135 Å². The van der Waals surface area contributed by atoms with Gasteiger partial charge in [-0.15, -0.1) is 0 Å². The molecule has 0 nitrogen and oxygen atoms in total. The monoisotopic (exact) mass is 1170 g/mol. The second-order valence-electron chi connectivity index (χ2n) is 15.7. The summed E-state index contributed by atoms with van der Waals surface area (Å²) < 4.78 is 1.74. The second-order valence-corrected chi connectivity index (χ2v) is 22.1. The van der Waals surface area contributed by atoms with Crippen LogP contribution in [0.25, 0.3) is 11.1 Å². The number of rotatable bonds is 7. The summed E-state index contributed by atoms with van der Waals surface area (Å²) >= 11 is 24.1.